The maximum Gasteiger partial charge on any atom is 0.0332 e. The van der Waals surface area contributed by atoms with Gasteiger partial charge >= 0.3 is 0 Å². The van der Waals surface area contributed by atoms with Crippen LogP contribution in [0.5, 0.6) is 0 Å². The Bertz CT molecular complexity index is 368. The molecule has 1 atom stereocenters. The summed E-state index contributed by atoms with van der Waals surface area (Å²) in [5.74, 6) is 0. The molecule has 1 fully saturated rings. The van der Waals surface area contributed by atoms with Crippen molar-refractivity contribution >= 4 is 40.7 Å². The first kappa shape index (κ1) is 18.2. The van der Waals surface area contributed by atoms with Crippen molar-refractivity contribution in [3.63, 3.8) is 0 Å². The van der Waals surface area contributed by atoms with Crippen molar-refractivity contribution in [2.24, 2.45) is 0 Å². The fourth-order valence-electron chi connectivity index (χ4n) is 2.24. The molecule has 2 rings (SSSR count). The van der Waals surface area contributed by atoms with Crippen molar-refractivity contribution in [2.75, 3.05) is 26.2 Å². The number of nitrogens with zero attached hydrogens (tertiary/aromatic N) is 1. The van der Waals surface area contributed by atoms with Gasteiger partial charge in [0.1, 0.15) is 0 Å². The predicted octanol–water partition coefficient (Wildman–Crippen LogP) is 3.57. The van der Waals surface area contributed by atoms with E-state index >= 15 is 0 Å². The van der Waals surface area contributed by atoms with Crippen molar-refractivity contribution < 1.29 is 0 Å². The standard InChI is InChI=1S/C13H19BrN2.2ClH/c1-10-3-4-12(13(14)9-10)11(2)16-7-5-15-6-8-16;;/h3-4,9,11,15H,5-8H2,1-2H3;2*1H/t11-;;/m0../s1. The number of rotatable bonds is 2. The quantitative estimate of drug-likeness (QED) is 0.872. The second-order valence-electron chi connectivity index (χ2n) is 4.49. The Morgan fingerprint density at radius 2 is 1.83 bits per heavy atom. The minimum atomic E-state index is 0. The second-order valence-corrected chi connectivity index (χ2v) is 5.34. The van der Waals surface area contributed by atoms with Crippen LogP contribution in [-0.2, 0) is 0 Å². The monoisotopic (exact) mass is 354 g/mol. The lowest BCUT2D eigenvalue weighted by Gasteiger charge is -2.33. The Hall–Kier alpha value is 0.200. The van der Waals surface area contributed by atoms with E-state index in [1.807, 2.05) is 0 Å². The van der Waals surface area contributed by atoms with Gasteiger partial charge in [-0.05, 0) is 31.0 Å². The Kier molecular flexibility index (Phi) is 8.48. The van der Waals surface area contributed by atoms with Gasteiger partial charge in [0.05, 0.1) is 0 Å². The van der Waals surface area contributed by atoms with Crippen LogP contribution in [0.25, 0.3) is 0 Å². The highest BCUT2D eigenvalue weighted by Crippen LogP contribution is 2.28. The molecule has 0 amide bonds. The van der Waals surface area contributed by atoms with E-state index in [0.717, 1.165) is 26.2 Å². The van der Waals surface area contributed by atoms with Gasteiger partial charge in [0.25, 0.3) is 0 Å². The molecule has 1 aliphatic rings. The number of aryl methyl sites for hydroxylation is 1. The highest BCUT2D eigenvalue weighted by molar-refractivity contribution is 9.10. The molecular formula is C13H21BrCl2N2. The predicted molar refractivity (Wildman–Crippen MR) is 86.2 cm³/mol. The van der Waals surface area contributed by atoms with Gasteiger partial charge in [-0.25, -0.2) is 0 Å². The third-order valence-electron chi connectivity index (χ3n) is 3.31. The van der Waals surface area contributed by atoms with Gasteiger partial charge in [-0.15, -0.1) is 24.8 Å². The average Bonchev–Trinajstić information content (AvgIpc) is 2.29. The van der Waals surface area contributed by atoms with Gasteiger partial charge in [-0.1, -0.05) is 28.1 Å². The lowest BCUT2D eigenvalue weighted by Crippen LogP contribution is -2.44. The molecule has 1 aliphatic heterocycles. The highest BCUT2D eigenvalue weighted by Gasteiger charge is 2.19. The third-order valence-corrected chi connectivity index (χ3v) is 3.99. The molecule has 104 valence electrons. The van der Waals surface area contributed by atoms with Crippen LogP contribution in [-0.4, -0.2) is 31.1 Å². The molecular weight excluding hydrogens is 335 g/mol. The number of hydrogen-bond acceptors (Lipinski definition) is 2. The zero-order valence-electron chi connectivity index (χ0n) is 10.8. The molecule has 1 heterocycles. The van der Waals surface area contributed by atoms with Crippen LogP contribution >= 0.6 is 40.7 Å². The summed E-state index contributed by atoms with van der Waals surface area (Å²) in [7, 11) is 0. The lowest BCUT2D eigenvalue weighted by atomic mass is 10.0. The molecule has 0 bridgehead atoms. The van der Waals surface area contributed by atoms with Crippen LogP contribution in [0.3, 0.4) is 0 Å². The molecule has 0 radical (unpaired) electrons. The normalized spacial score (nSPS) is 17.5. The van der Waals surface area contributed by atoms with Gasteiger partial charge in [0, 0.05) is 36.7 Å². The van der Waals surface area contributed by atoms with E-state index in [2.05, 4.69) is 58.2 Å². The minimum Gasteiger partial charge on any atom is -0.314 e. The number of halogens is 3. The van der Waals surface area contributed by atoms with Crippen LogP contribution < -0.4 is 5.32 Å². The number of hydrogen-bond donors (Lipinski definition) is 1. The zero-order valence-corrected chi connectivity index (χ0v) is 14.0. The molecule has 1 saturated heterocycles. The molecule has 1 N–H and O–H groups in total. The van der Waals surface area contributed by atoms with Crippen molar-refractivity contribution in [1.29, 1.82) is 0 Å². The molecule has 0 spiro atoms. The van der Waals surface area contributed by atoms with E-state index in [1.54, 1.807) is 0 Å². The van der Waals surface area contributed by atoms with Gasteiger partial charge in [-0.2, -0.15) is 0 Å². The summed E-state index contributed by atoms with van der Waals surface area (Å²) in [6, 6.07) is 7.14. The van der Waals surface area contributed by atoms with E-state index in [-0.39, 0.29) is 24.8 Å². The van der Waals surface area contributed by atoms with Crippen molar-refractivity contribution in [3.05, 3.63) is 33.8 Å². The summed E-state index contributed by atoms with van der Waals surface area (Å²) in [6.45, 7) is 8.91. The molecule has 1 aromatic rings. The first-order valence-electron chi connectivity index (χ1n) is 5.89. The van der Waals surface area contributed by atoms with Gasteiger partial charge in [0.2, 0.25) is 0 Å². The van der Waals surface area contributed by atoms with Gasteiger partial charge in [-0.3, -0.25) is 4.90 Å². The molecule has 0 saturated carbocycles. The van der Waals surface area contributed by atoms with E-state index in [4.69, 9.17) is 0 Å². The molecule has 0 unspecified atom stereocenters. The van der Waals surface area contributed by atoms with Crippen molar-refractivity contribution in [1.82, 2.24) is 10.2 Å². The summed E-state index contributed by atoms with van der Waals surface area (Å²) in [5.41, 5.74) is 2.70. The Balaban J connectivity index is 0.00000144. The Morgan fingerprint density at radius 1 is 1.22 bits per heavy atom. The Labute approximate surface area is 130 Å². The summed E-state index contributed by atoms with van der Waals surface area (Å²) in [5, 5.41) is 3.39. The molecule has 0 aliphatic carbocycles. The van der Waals surface area contributed by atoms with Crippen molar-refractivity contribution in [3.8, 4) is 0 Å². The SMILES string of the molecule is Cc1ccc([C@H](C)N2CCNCC2)c(Br)c1.Cl.Cl. The largest absolute Gasteiger partial charge is 0.314 e. The summed E-state index contributed by atoms with van der Waals surface area (Å²) in [4.78, 5) is 2.53. The van der Waals surface area contributed by atoms with E-state index in [1.165, 1.54) is 15.6 Å². The highest BCUT2D eigenvalue weighted by atomic mass is 79.9. The first-order chi connectivity index (χ1) is 7.68. The fourth-order valence-corrected chi connectivity index (χ4v) is 3.06. The number of piperazine rings is 1. The van der Waals surface area contributed by atoms with E-state index in [0.29, 0.717) is 6.04 Å². The topological polar surface area (TPSA) is 15.3 Å². The molecule has 0 aromatic heterocycles. The number of benzene rings is 1. The lowest BCUT2D eigenvalue weighted by molar-refractivity contribution is 0.185. The fraction of sp³-hybridized carbons (Fsp3) is 0.538. The summed E-state index contributed by atoms with van der Waals surface area (Å²) >= 11 is 3.67. The minimum absolute atomic E-state index is 0. The maximum absolute atomic E-state index is 3.67. The first-order valence-corrected chi connectivity index (χ1v) is 6.68. The van der Waals surface area contributed by atoms with Crippen molar-refractivity contribution in [2.45, 2.75) is 19.9 Å². The van der Waals surface area contributed by atoms with E-state index < -0.39 is 0 Å². The average molecular weight is 356 g/mol. The van der Waals surface area contributed by atoms with E-state index in [9.17, 15) is 0 Å². The summed E-state index contributed by atoms with van der Waals surface area (Å²) in [6.07, 6.45) is 0. The van der Waals surface area contributed by atoms with Crippen LogP contribution in [0.2, 0.25) is 0 Å². The zero-order chi connectivity index (χ0) is 11.5. The molecule has 18 heavy (non-hydrogen) atoms. The van der Waals surface area contributed by atoms with Crippen LogP contribution in [0.1, 0.15) is 24.1 Å². The van der Waals surface area contributed by atoms with Gasteiger partial charge in [0.15, 0.2) is 0 Å². The second kappa shape index (κ2) is 8.39. The smallest absolute Gasteiger partial charge is 0.0332 e. The molecule has 5 heteroatoms. The van der Waals surface area contributed by atoms with Crippen LogP contribution in [0.4, 0.5) is 0 Å². The maximum atomic E-state index is 3.67. The Morgan fingerprint density at radius 3 is 2.39 bits per heavy atom. The molecule has 2 nitrogen and oxygen atoms in total. The third kappa shape index (κ3) is 4.39. The van der Waals surface area contributed by atoms with Crippen LogP contribution in [0, 0.1) is 6.92 Å². The van der Waals surface area contributed by atoms with Gasteiger partial charge < -0.3 is 5.32 Å². The van der Waals surface area contributed by atoms with Crippen LogP contribution in [0.15, 0.2) is 22.7 Å². The number of nitrogens with one attached hydrogen (secondary N) is 1. The molecule has 1 aromatic carbocycles. The summed E-state index contributed by atoms with van der Waals surface area (Å²) < 4.78 is 1.23.